The van der Waals surface area contributed by atoms with Gasteiger partial charge >= 0.3 is 0 Å². The third kappa shape index (κ3) is 1.64. The summed E-state index contributed by atoms with van der Waals surface area (Å²) in [5.74, 6) is 0. The molecule has 0 radical (unpaired) electrons. The number of hydrogen-bond acceptors (Lipinski definition) is 1. The van der Waals surface area contributed by atoms with Crippen molar-refractivity contribution in [3.8, 4) is 0 Å². The predicted octanol–water partition coefficient (Wildman–Crippen LogP) is 2.68. The summed E-state index contributed by atoms with van der Waals surface area (Å²) in [7, 11) is 0. The number of nitrogen functional groups attached to an aromatic ring is 1. The number of benzene rings is 1. The first-order valence-corrected chi connectivity index (χ1v) is 4.75. The first-order chi connectivity index (χ1) is 6.77. The maximum atomic E-state index is 5.64. The van der Waals surface area contributed by atoms with Crippen LogP contribution in [0.5, 0.6) is 0 Å². The third-order valence-electron chi connectivity index (χ3n) is 2.49. The summed E-state index contributed by atoms with van der Waals surface area (Å²) in [5, 5.41) is 0. The van der Waals surface area contributed by atoms with Gasteiger partial charge in [0.25, 0.3) is 0 Å². The minimum atomic E-state index is 0.366. The van der Waals surface area contributed by atoms with Gasteiger partial charge in [0, 0.05) is 18.1 Å². The van der Waals surface area contributed by atoms with E-state index in [1.807, 2.05) is 24.3 Å². The van der Waals surface area contributed by atoms with Gasteiger partial charge in [-0.25, -0.2) is 0 Å². The van der Waals surface area contributed by atoms with E-state index in [4.69, 9.17) is 5.73 Å². The molecule has 2 aromatic rings. The molecule has 2 rings (SSSR count). The van der Waals surface area contributed by atoms with Crippen LogP contribution in [0.4, 0.5) is 5.69 Å². The first-order valence-electron chi connectivity index (χ1n) is 4.75. The first kappa shape index (κ1) is 8.88. The van der Waals surface area contributed by atoms with Crippen LogP contribution in [-0.2, 0) is 0 Å². The van der Waals surface area contributed by atoms with Crippen molar-refractivity contribution in [2.45, 2.75) is 13.0 Å². The zero-order valence-corrected chi connectivity index (χ0v) is 8.22. The molecule has 0 aliphatic rings. The fourth-order valence-corrected chi connectivity index (χ4v) is 1.55. The van der Waals surface area contributed by atoms with Crippen LogP contribution in [0, 0.1) is 0 Å². The molecule has 1 unspecified atom stereocenters. The van der Waals surface area contributed by atoms with E-state index in [1.54, 1.807) is 0 Å². The lowest BCUT2D eigenvalue weighted by Gasteiger charge is -2.14. The number of anilines is 1. The van der Waals surface area contributed by atoms with Gasteiger partial charge in [-0.3, -0.25) is 0 Å². The van der Waals surface area contributed by atoms with E-state index in [0.717, 1.165) is 5.69 Å². The Morgan fingerprint density at radius 2 is 1.64 bits per heavy atom. The molecule has 0 fully saturated rings. The van der Waals surface area contributed by atoms with Crippen molar-refractivity contribution >= 4 is 5.69 Å². The van der Waals surface area contributed by atoms with Crippen LogP contribution < -0.4 is 5.73 Å². The Morgan fingerprint density at radius 3 is 2.21 bits per heavy atom. The van der Waals surface area contributed by atoms with Gasteiger partial charge in [0.05, 0.1) is 6.04 Å². The number of aromatic nitrogens is 1. The molecule has 0 spiro atoms. The summed E-state index contributed by atoms with van der Waals surface area (Å²) in [6.45, 7) is 2.17. The van der Waals surface area contributed by atoms with Gasteiger partial charge in [-0.05, 0) is 36.8 Å². The second-order valence-corrected chi connectivity index (χ2v) is 3.47. The number of nitrogens with two attached hydrogens (primary N) is 1. The lowest BCUT2D eigenvalue weighted by atomic mass is 10.1. The van der Waals surface area contributed by atoms with Gasteiger partial charge in [-0.2, -0.15) is 0 Å². The molecule has 0 saturated heterocycles. The standard InChI is InChI=1S/C12H14N2/c1-10(14-8-2-3-9-14)11-4-6-12(13)7-5-11/h2-10H,13H2,1H3. The van der Waals surface area contributed by atoms with Crippen LogP contribution in [-0.4, -0.2) is 4.57 Å². The Kier molecular flexibility index (Phi) is 2.27. The fourth-order valence-electron chi connectivity index (χ4n) is 1.55. The van der Waals surface area contributed by atoms with Crippen molar-refractivity contribution in [2.24, 2.45) is 0 Å². The molecule has 1 atom stereocenters. The molecule has 2 heteroatoms. The molecular formula is C12H14N2. The maximum absolute atomic E-state index is 5.64. The van der Waals surface area contributed by atoms with E-state index in [1.165, 1.54) is 5.56 Å². The van der Waals surface area contributed by atoms with Gasteiger partial charge in [0.2, 0.25) is 0 Å². The van der Waals surface area contributed by atoms with Crippen molar-refractivity contribution in [1.29, 1.82) is 0 Å². The van der Waals surface area contributed by atoms with E-state index >= 15 is 0 Å². The lowest BCUT2D eigenvalue weighted by Crippen LogP contribution is -2.03. The summed E-state index contributed by atoms with van der Waals surface area (Å²) in [6, 6.07) is 12.5. The Labute approximate surface area is 84.0 Å². The minimum Gasteiger partial charge on any atom is -0.399 e. The Balaban J connectivity index is 2.28. The highest BCUT2D eigenvalue weighted by Crippen LogP contribution is 2.18. The van der Waals surface area contributed by atoms with E-state index in [9.17, 15) is 0 Å². The molecule has 0 aliphatic heterocycles. The normalized spacial score (nSPS) is 12.6. The average molecular weight is 186 g/mol. The summed E-state index contributed by atoms with van der Waals surface area (Å²) in [6.07, 6.45) is 4.14. The largest absolute Gasteiger partial charge is 0.399 e. The molecule has 72 valence electrons. The van der Waals surface area contributed by atoms with Crippen LogP contribution in [0.25, 0.3) is 0 Å². The smallest absolute Gasteiger partial charge is 0.0551 e. The number of rotatable bonds is 2. The summed E-state index contributed by atoms with van der Waals surface area (Å²) >= 11 is 0. The summed E-state index contributed by atoms with van der Waals surface area (Å²) in [5.41, 5.74) is 7.73. The maximum Gasteiger partial charge on any atom is 0.0551 e. The summed E-state index contributed by atoms with van der Waals surface area (Å²) < 4.78 is 2.17. The zero-order chi connectivity index (χ0) is 9.97. The van der Waals surface area contributed by atoms with E-state index < -0.39 is 0 Å². The zero-order valence-electron chi connectivity index (χ0n) is 8.22. The minimum absolute atomic E-state index is 0.366. The van der Waals surface area contributed by atoms with Gasteiger partial charge in [-0.1, -0.05) is 12.1 Å². The Morgan fingerprint density at radius 1 is 1.07 bits per heavy atom. The van der Waals surface area contributed by atoms with Crippen LogP contribution in [0.15, 0.2) is 48.8 Å². The van der Waals surface area contributed by atoms with Crippen LogP contribution >= 0.6 is 0 Å². The van der Waals surface area contributed by atoms with Crippen LogP contribution in [0.3, 0.4) is 0 Å². The average Bonchev–Trinajstić information content (AvgIpc) is 2.71. The molecule has 1 heterocycles. The highest BCUT2D eigenvalue weighted by molar-refractivity contribution is 5.40. The van der Waals surface area contributed by atoms with Gasteiger partial charge < -0.3 is 10.3 Å². The molecule has 0 bridgehead atoms. The number of hydrogen-bond donors (Lipinski definition) is 1. The topological polar surface area (TPSA) is 30.9 Å². The van der Waals surface area contributed by atoms with E-state index in [0.29, 0.717) is 6.04 Å². The van der Waals surface area contributed by atoms with Crippen LogP contribution in [0.2, 0.25) is 0 Å². The SMILES string of the molecule is CC(c1ccc(N)cc1)n1cccc1. The number of nitrogens with zero attached hydrogens (tertiary/aromatic N) is 1. The fraction of sp³-hybridized carbons (Fsp3) is 0.167. The molecule has 2 nitrogen and oxygen atoms in total. The van der Waals surface area contributed by atoms with Crippen molar-refractivity contribution < 1.29 is 0 Å². The Bertz CT molecular complexity index is 387. The Hall–Kier alpha value is -1.70. The monoisotopic (exact) mass is 186 g/mol. The van der Waals surface area contributed by atoms with Crippen molar-refractivity contribution in [3.05, 3.63) is 54.4 Å². The second kappa shape index (κ2) is 3.58. The second-order valence-electron chi connectivity index (χ2n) is 3.47. The van der Waals surface area contributed by atoms with E-state index in [-0.39, 0.29) is 0 Å². The molecule has 0 saturated carbocycles. The third-order valence-corrected chi connectivity index (χ3v) is 2.49. The molecule has 1 aromatic heterocycles. The lowest BCUT2D eigenvalue weighted by molar-refractivity contribution is 0.643. The highest BCUT2D eigenvalue weighted by Gasteiger charge is 2.04. The predicted molar refractivity (Wildman–Crippen MR) is 59.1 cm³/mol. The van der Waals surface area contributed by atoms with E-state index in [2.05, 4.69) is 36.0 Å². The van der Waals surface area contributed by atoms with Gasteiger partial charge in [0.1, 0.15) is 0 Å². The molecule has 2 N–H and O–H groups in total. The highest BCUT2D eigenvalue weighted by atomic mass is 15.0. The quantitative estimate of drug-likeness (QED) is 0.718. The molecule has 0 amide bonds. The van der Waals surface area contributed by atoms with Gasteiger partial charge in [-0.15, -0.1) is 0 Å². The molecule has 14 heavy (non-hydrogen) atoms. The molecule has 1 aromatic carbocycles. The van der Waals surface area contributed by atoms with Crippen LogP contribution in [0.1, 0.15) is 18.5 Å². The van der Waals surface area contributed by atoms with Crippen molar-refractivity contribution in [3.63, 3.8) is 0 Å². The van der Waals surface area contributed by atoms with Crippen molar-refractivity contribution in [2.75, 3.05) is 5.73 Å². The molecule has 0 aliphatic carbocycles. The van der Waals surface area contributed by atoms with Crippen molar-refractivity contribution in [1.82, 2.24) is 4.57 Å². The summed E-state index contributed by atoms with van der Waals surface area (Å²) in [4.78, 5) is 0. The molecular weight excluding hydrogens is 172 g/mol. The van der Waals surface area contributed by atoms with Gasteiger partial charge in [0.15, 0.2) is 0 Å².